The van der Waals surface area contributed by atoms with Crippen molar-refractivity contribution in [1.29, 1.82) is 0 Å². The molecule has 2 aliphatic rings. The molecule has 0 bridgehead atoms. The van der Waals surface area contributed by atoms with E-state index in [0.717, 1.165) is 21.5 Å². The molecule has 6 N–H and O–H groups in total. The third-order valence-electron chi connectivity index (χ3n) is 8.92. The number of halogens is 1. The van der Waals surface area contributed by atoms with Gasteiger partial charge < -0.3 is 36.5 Å². The molecule has 2 aliphatic heterocycles. The zero-order chi connectivity index (χ0) is 34.8. The number of unbranched alkanes of at least 4 members (excludes halogenated alkanes) is 1. The minimum Gasteiger partial charge on any atom is -0.493 e. The van der Waals surface area contributed by atoms with Gasteiger partial charge in [0.1, 0.15) is 23.9 Å². The highest BCUT2D eigenvalue weighted by Crippen LogP contribution is 2.32. The van der Waals surface area contributed by atoms with Crippen molar-refractivity contribution in [2.45, 2.75) is 82.5 Å². The minimum atomic E-state index is -0.976. The lowest BCUT2D eigenvalue weighted by atomic mass is 9.90. The number of nitrogens with two attached hydrogens (primary N) is 1. The molecule has 0 saturated carbocycles. The van der Waals surface area contributed by atoms with Crippen LogP contribution in [0.3, 0.4) is 0 Å². The van der Waals surface area contributed by atoms with E-state index in [-0.39, 0.29) is 36.6 Å². The molecule has 14 heteroatoms. The maximum absolute atomic E-state index is 14.1. The maximum Gasteiger partial charge on any atom is 0.243 e. The lowest BCUT2D eigenvalue weighted by molar-refractivity contribution is -0.135. The molecule has 264 valence electrons. The first-order valence-corrected chi connectivity index (χ1v) is 18.2. The molecule has 2 aromatic carbocycles. The van der Waals surface area contributed by atoms with Gasteiger partial charge in [-0.25, -0.2) is 4.98 Å². The van der Waals surface area contributed by atoms with Gasteiger partial charge in [-0.2, -0.15) is 0 Å². The van der Waals surface area contributed by atoms with Gasteiger partial charge in [0.15, 0.2) is 0 Å². The third kappa shape index (κ3) is 9.90. The van der Waals surface area contributed by atoms with Gasteiger partial charge in [0.2, 0.25) is 23.6 Å². The lowest BCUT2D eigenvalue weighted by Crippen LogP contribution is -2.59. The van der Waals surface area contributed by atoms with Crippen LogP contribution in [0, 0.1) is 5.92 Å². The number of amides is 4. The average molecular weight is 713 g/mol. The monoisotopic (exact) mass is 712 g/mol. The normalized spacial score (nSPS) is 18.0. The van der Waals surface area contributed by atoms with Crippen LogP contribution >= 0.6 is 22.9 Å². The van der Waals surface area contributed by atoms with Crippen LogP contribution in [0.4, 0.5) is 0 Å². The van der Waals surface area contributed by atoms with E-state index in [1.165, 1.54) is 11.3 Å². The number of fused-ring (bicyclic) bond motifs is 2. The number of para-hydroxylation sites is 1. The average Bonchev–Trinajstić information content (AvgIpc) is 3.51. The number of rotatable bonds is 15. The number of nitrogens with zero attached hydrogens (tertiary/aromatic N) is 1. The van der Waals surface area contributed by atoms with Crippen LogP contribution in [0.25, 0.3) is 10.2 Å². The van der Waals surface area contributed by atoms with Crippen LogP contribution in [0.15, 0.2) is 42.5 Å². The fourth-order valence-electron chi connectivity index (χ4n) is 6.20. The van der Waals surface area contributed by atoms with Gasteiger partial charge in [-0.3, -0.25) is 19.2 Å². The van der Waals surface area contributed by atoms with Crippen LogP contribution in [-0.4, -0.2) is 73.1 Å². The summed E-state index contributed by atoms with van der Waals surface area (Å²) in [6.07, 6.45) is 3.71. The highest BCUT2D eigenvalue weighted by atomic mass is 35.5. The molecule has 4 atom stereocenters. The Hall–Kier alpha value is -3.78. The van der Waals surface area contributed by atoms with Crippen molar-refractivity contribution >= 4 is 56.8 Å². The topological polar surface area (TPSA) is 174 Å². The van der Waals surface area contributed by atoms with Gasteiger partial charge in [-0.05, 0) is 68.8 Å². The minimum absolute atomic E-state index is 0.132. The van der Waals surface area contributed by atoms with Gasteiger partial charge in [0, 0.05) is 43.1 Å². The first-order chi connectivity index (χ1) is 23.7. The first kappa shape index (κ1) is 36.5. The molecule has 12 nitrogen and oxygen atoms in total. The van der Waals surface area contributed by atoms with Crippen LogP contribution in [0.2, 0.25) is 5.02 Å². The smallest absolute Gasteiger partial charge is 0.243 e. The van der Waals surface area contributed by atoms with Crippen molar-refractivity contribution in [1.82, 2.24) is 26.3 Å². The van der Waals surface area contributed by atoms with E-state index in [1.807, 2.05) is 36.4 Å². The number of ether oxygens (including phenoxy) is 2. The van der Waals surface area contributed by atoms with Crippen LogP contribution in [-0.2, 0) is 30.3 Å². The standard InChI is InChI=1S/C35H45ClN6O6S/c1-2-30(43)38-27(20-31-39-25-11-10-22(36)19-29(25)49-31)34(45)42-32(21-12-16-47-17-13-21)35(46)41-26(8-5-6-15-37)33(44)40-24-14-18-48-28-9-4-3-7-23(24)28/h3-4,7,9-11,19,21,24,26-27,32H,2,5-6,8,12-18,20,37H2,1H3,(H,38,43)(H,40,44)(H,41,46)(H,42,45)/t24-,26?,27+,32+/m1/s1. The molecule has 1 unspecified atom stereocenters. The summed E-state index contributed by atoms with van der Waals surface area (Å²) in [4.78, 5) is 59.0. The second kappa shape index (κ2) is 17.7. The first-order valence-electron chi connectivity index (χ1n) is 17.0. The number of carbonyl (C=O) groups excluding carboxylic acids is 4. The fourth-order valence-corrected chi connectivity index (χ4v) is 7.49. The maximum atomic E-state index is 14.1. The second-order valence-corrected chi connectivity index (χ2v) is 14.0. The van der Waals surface area contributed by atoms with Gasteiger partial charge in [-0.15, -0.1) is 11.3 Å². The summed E-state index contributed by atoms with van der Waals surface area (Å²) in [5, 5.41) is 13.1. The van der Waals surface area contributed by atoms with Gasteiger partial charge in [0.25, 0.3) is 0 Å². The second-order valence-electron chi connectivity index (χ2n) is 12.4. The van der Waals surface area contributed by atoms with E-state index < -0.39 is 29.9 Å². The number of hydrogen-bond acceptors (Lipinski definition) is 9. The van der Waals surface area contributed by atoms with Crippen molar-refractivity contribution in [3.63, 3.8) is 0 Å². The predicted molar refractivity (Wildman–Crippen MR) is 188 cm³/mol. The van der Waals surface area contributed by atoms with Crippen LogP contribution in [0.5, 0.6) is 5.75 Å². The lowest BCUT2D eigenvalue weighted by Gasteiger charge is -2.33. The molecular weight excluding hydrogens is 668 g/mol. The SMILES string of the molecule is CCC(=O)N[C@@H](Cc1nc2ccc(Cl)cc2s1)C(=O)N[C@H](C(=O)NC(CCCCN)C(=O)N[C@@H]1CCOc2ccccc21)C1CCOCC1. The predicted octanol–water partition coefficient (Wildman–Crippen LogP) is 3.55. The zero-order valence-electron chi connectivity index (χ0n) is 27.7. The Labute approximate surface area is 295 Å². The molecule has 1 aromatic heterocycles. The fraction of sp³-hybridized carbons (Fsp3) is 0.514. The summed E-state index contributed by atoms with van der Waals surface area (Å²) in [7, 11) is 0. The van der Waals surface area contributed by atoms with E-state index in [4.69, 9.17) is 26.8 Å². The molecule has 3 heterocycles. The Morgan fingerprint density at radius 2 is 1.76 bits per heavy atom. The molecule has 1 saturated heterocycles. The van der Waals surface area contributed by atoms with E-state index in [0.29, 0.717) is 74.9 Å². The molecule has 3 aromatic rings. The summed E-state index contributed by atoms with van der Waals surface area (Å²) in [5.41, 5.74) is 7.38. The van der Waals surface area contributed by atoms with Crippen LogP contribution in [0.1, 0.15) is 68.5 Å². The summed E-state index contributed by atoms with van der Waals surface area (Å²) in [6.45, 7) is 3.51. The third-order valence-corrected chi connectivity index (χ3v) is 10.2. The number of benzene rings is 2. The van der Waals surface area contributed by atoms with Crippen molar-refractivity contribution in [3.05, 3.63) is 58.1 Å². The van der Waals surface area contributed by atoms with Crippen LogP contribution < -0.4 is 31.7 Å². The van der Waals surface area contributed by atoms with Gasteiger partial charge in [-0.1, -0.05) is 36.7 Å². The molecule has 0 radical (unpaired) electrons. The van der Waals surface area contributed by atoms with Crippen molar-refractivity contribution in [3.8, 4) is 5.75 Å². The Morgan fingerprint density at radius 1 is 0.959 bits per heavy atom. The summed E-state index contributed by atoms with van der Waals surface area (Å²) in [6, 6.07) is 9.91. The molecule has 49 heavy (non-hydrogen) atoms. The van der Waals surface area contributed by atoms with Crippen molar-refractivity contribution in [2.75, 3.05) is 26.4 Å². The molecule has 5 rings (SSSR count). The Balaban J connectivity index is 1.34. The summed E-state index contributed by atoms with van der Waals surface area (Å²) in [5.74, 6) is -1.09. The Bertz CT molecular complexity index is 1610. The molecule has 1 fully saturated rings. The summed E-state index contributed by atoms with van der Waals surface area (Å²) < 4.78 is 12.2. The highest BCUT2D eigenvalue weighted by molar-refractivity contribution is 7.18. The van der Waals surface area contributed by atoms with Gasteiger partial charge >= 0.3 is 0 Å². The Kier molecular flexibility index (Phi) is 13.2. The zero-order valence-corrected chi connectivity index (χ0v) is 29.2. The van der Waals surface area contributed by atoms with E-state index in [1.54, 1.807) is 13.0 Å². The van der Waals surface area contributed by atoms with Gasteiger partial charge in [0.05, 0.1) is 27.9 Å². The number of hydrogen-bond donors (Lipinski definition) is 5. The van der Waals surface area contributed by atoms with E-state index >= 15 is 0 Å². The molecule has 0 aliphatic carbocycles. The quantitative estimate of drug-likeness (QED) is 0.149. The molecule has 4 amide bonds. The summed E-state index contributed by atoms with van der Waals surface area (Å²) >= 11 is 7.56. The largest absolute Gasteiger partial charge is 0.493 e. The van der Waals surface area contributed by atoms with Crippen molar-refractivity contribution < 1.29 is 28.7 Å². The number of nitrogens with one attached hydrogen (secondary N) is 4. The van der Waals surface area contributed by atoms with E-state index in [9.17, 15) is 19.2 Å². The Morgan fingerprint density at radius 3 is 2.53 bits per heavy atom. The number of aromatic nitrogens is 1. The molecule has 0 spiro atoms. The van der Waals surface area contributed by atoms with Crippen molar-refractivity contribution in [2.24, 2.45) is 11.7 Å². The molecular formula is C35H45ClN6O6S. The van der Waals surface area contributed by atoms with E-state index in [2.05, 4.69) is 26.3 Å². The number of thiazole rings is 1. The highest BCUT2D eigenvalue weighted by Gasteiger charge is 2.36. The number of carbonyl (C=O) groups is 4.